The molecular weight excluding hydrogens is 307 g/mol. The second-order valence-corrected chi connectivity index (χ2v) is 4.73. The van der Waals surface area contributed by atoms with Gasteiger partial charge in [0.15, 0.2) is 5.78 Å². The molecule has 0 aliphatic carbocycles. The average Bonchev–Trinajstić information content (AvgIpc) is 2.40. The first kappa shape index (κ1) is 15.2. The summed E-state index contributed by atoms with van der Waals surface area (Å²) in [6.07, 6.45) is -4.60. The lowest BCUT2D eigenvalue weighted by molar-refractivity contribution is -0.137. The number of nitrogen functional groups attached to an aromatic ring is 1. The molecule has 2 aromatic carbocycles. The Hall–Kier alpha value is -2.21. The highest BCUT2D eigenvalue weighted by molar-refractivity contribution is 6.31. The fourth-order valence-corrected chi connectivity index (χ4v) is 1.94. The topological polar surface area (TPSA) is 63.3 Å². The van der Waals surface area contributed by atoms with Crippen molar-refractivity contribution in [3.05, 3.63) is 58.1 Å². The van der Waals surface area contributed by atoms with Crippen molar-refractivity contribution in [2.45, 2.75) is 6.18 Å². The van der Waals surface area contributed by atoms with Gasteiger partial charge in [0.25, 0.3) is 0 Å². The maximum Gasteiger partial charge on any atom is 0.416 e. The highest BCUT2D eigenvalue weighted by atomic mass is 35.5. The summed E-state index contributed by atoms with van der Waals surface area (Å²) in [6.45, 7) is 0. The van der Waals surface area contributed by atoms with Gasteiger partial charge in [0.2, 0.25) is 0 Å². The number of alkyl halides is 3. The van der Waals surface area contributed by atoms with Crippen LogP contribution < -0.4 is 5.73 Å². The van der Waals surface area contributed by atoms with E-state index in [1.54, 1.807) is 0 Å². The zero-order valence-corrected chi connectivity index (χ0v) is 11.2. The number of ketones is 1. The normalized spacial score (nSPS) is 11.4. The molecule has 0 bridgehead atoms. The van der Waals surface area contributed by atoms with E-state index in [1.807, 2.05) is 0 Å². The number of hydrogen-bond acceptors (Lipinski definition) is 3. The van der Waals surface area contributed by atoms with Crippen molar-refractivity contribution >= 4 is 23.1 Å². The van der Waals surface area contributed by atoms with Gasteiger partial charge in [-0.25, -0.2) is 0 Å². The summed E-state index contributed by atoms with van der Waals surface area (Å²) in [5.74, 6) is -1.22. The minimum Gasteiger partial charge on any atom is -0.507 e. The van der Waals surface area contributed by atoms with Gasteiger partial charge in [-0.1, -0.05) is 11.6 Å². The van der Waals surface area contributed by atoms with Crippen LogP contribution >= 0.6 is 11.6 Å². The fraction of sp³-hybridized carbons (Fsp3) is 0.0714. The lowest BCUT2D eigenvalue weighted by Gasteiger charge is -2.11. The summed E-state index contributed by atoms with van der Waals surface area (Å²) < 4.78 is 38.1. The molecule has 0 aliphatic heterocycles. The summed E-state index contributed by atoms with van der Waals surface area (Å²) in [7, 11) is 0. The molecule has 21 heavy (non-hydrogen) atoms. The Kier molecular flexibility index (Phi) is 3.82. The average molecular weight is 316 g/mol. The van der Waals surface area contributed by atoms with Gasteiger partial charge in [-0.2, -0.15) is 13.2 Å². The van der Waals surface area contributed by atoms with Crippen LogP contribution in [-0.2, 0) is 6.18 Å². The SMILES string of the molecule is Nc1ccc(C(F)(F)F)cc1C(=O)c1cc(Cl)ccc1O. The fourth-order valence-electron chi connectivity index (χ4n) is 1.76. The molecule has 0 aliphatic rings. The standard InChI is InChI=1S/C14H9ClF3NO2/c15-8-2-4-12(20)10(6-8)13(21)9-5-7(14(16,17)18)1-3-11(9)19/h1-6,20H,19H2. The van der Waals surface area contributed by atoms with Crippen LogP contribution in [-0.4, -0.2) is 10.9 Å². The number of aromatic hydroxyl groups is 1. The Labute approximate surface area is 122 Å². The molecule has 7 heteroatoms. The highest BCUT2D eigenvalue weighted by Gasteiger charge is 2.32. The first-order valence-electron chi connectivity index (χ1n) is 5.70. The van der Waals surface area contributed by atoms with Crippen molar-refractivity contribution in [1.29, 1.82) is 0 Å². The highest BCUT2D eigenvalue weighted by Crippen LogP contribution is 2.33. The summed E-state index contributed by atoms with van der Waals surface area (Å²) >= 11 is 5.72. The summed E-state index contributed by atoms with van der Waals surface area (Å²) in [6, 6.07) is 6.13. The second kappa shape index (κ2) is 5.29. The minimum absolute atomic E-state index is 0.118. The van der Waals surface area contributed by atoms with E-state index in [0.29, 0.717) is 6.07 Å². The number of rotatable bonds is 2. The van der Waals surface area contributed by atoms with Crippen molar-refractivity contribution in [3.63, 3.8) is 0 Å². The molecule has 0 atom stereocenters. The van der Waals surface area contributed by atoms with Crippen LogP contribution in [0.1, 0.15) is 21.5 Å². The third-order valence-corrected chi connectivity index (χ3v) is 3.06. The largest absolute Gasteiger partial charge is 0.507 e. The number of benzene rings is 2. The van der Waals surface area contributed by atoms with E-state index in [9.17, 15) is 23.1 Å². The maximum absolute atomic E-state index is 12.7. The van der Waals surface area contributed by atoms with Gasteiger partial charge in [-0.3, -0.25) is 4.79 Å². The molecule has 0 unspecified atom stereocenters. The van der Waals surface area contributed by atoms with Crippen LogP contribution in [0.4, 0.5) is 18.9 Å². The molecule has 2 aromatic rings. The molecule has 0 aromatic heterocycles. The molecule has 0 spiro atoms. The predicted octanol–water partition coefficient (Wildman–Crippen LogP) is 3.88. The number of anilines is 1. The van der Waals surface area contributed by atoms with Crippen LogP contribution in [0.2, 0.25) is 5.02 Å². The Morgan fingerprint density at radius 3 is 2.38 bits per heavy atom. The quantitative estimate of drug-likeness (QED) is 0.653. The zero-order chi connectivity index (χ0) is 15.8. The summed E-state index contributed by atoms with van der Waals surface area (Å²) in [5, 5.41) is 9.81. The maximum atomic E-state index is 12.7. The first-order chi connectivity index (χ1) is 9.70. The van der Waals surface area contributed by atoms with E-state index in [0.717, 1.165) is 12.1 Å². The molecule has 0 amide bonds. The van der Waals surface area contributed by atoms with Crippen LogP contribution in [0.3, 0.4) is 0 Å². The molecule has 0 radical (unpaired) electrons. The Morgan fingerprint density at radius 2 is 1.76 bits per heavy atom. The van der Waals surface area contributed by atoms with E-state index in [4.69, 9.17) is 17.3 Å². The smallest absolute Gasteiger partial charge is 0.416 e. The lowest BCUT2D eigenvalue weighted by Crippen LogP contribution is -2.11. The van der Waals surface area contributed by atoms with Gasteiger partial charge < -0.3 is 10.8 Å². The van der Waals surface area contributed by atoms with Gasteiger partial charge in [-0.15, -0.1) is 0 Å². The molecule has 2 rings (SSSR count). The van der Waals surface area contributed by atoms with Crippen molar-refractivity contribution in [1.82, 2.24) is 0 Å². The molecule has 3 N–H and O–H groups in total. The molecule has 0 saturated heterocycles. The molecule has 0 heterocycles. The van der Waals surface area contributed by atoms with Crippen molar-refractivity contribution < 1.29 is 23.1 Å². The molecule has 3 nitrogen and oxygen atoms in total. The van der Waals surface area contributed by atoms with Crippen LogP contribution in [0.15, 0.2) is 36.4 Å². The van der Waals surface area contributed by atoms with Crippen LogP contribution in [0.25, 0.3) is 0 Å². The van der Waals surface area contributed by atoms with Crippen molar-refractivity contribution in [3.8, 4) is 5.75 Å². The molecule has 0 saturated carbocycles. The third kappa shape index (κ3) is 3.11. The summed E-state index contributed by atoms with van der Waals surface area (Å²) in [5.41, 5.74) is 3.88. The van der Waals surface area contributed by atoms with Gasteiger partial charge >= 0.3 is 6.18 Å². The van der Waals surface area contributed by atoms with Crippen LogP contribution in [0.5, 0.6) is 5.75 Å². The third-order valence-electron chi connectivity index (χ3n) is 2.83. The monoisotopic (exact) mass is 315 g/mol. The van der Waals surface area contributed by atoms with E-state index < -0.39 is 17.5 Å². The van der Waals surface area contributed by atoms with Crippen molar-refractivity contribution in [2.24, 2.45) is 0 Å². The Bertz CT molecular complexity index is 714. The number of hydrogen-bond donors (Lipinski definition) is 2. The predicted molar refractivity (Wildman–Crippen MR) is 72.4 cm³/mol. The molecular formula is C14H9ClF3NO2. The first-order valence-corrected chi connectivity index (χ1v) is 6.08. The lowest BCUT2D eigenvalue weighted by atomic mass is 9.99. The number of halogens is 4. The van der Waals surface area contributed by atoms with Crippen LogP contribution in [0, 0.1) is 0 Å². The van der Waals surface area contributed by atoms with Gasteiger partial charge in [0.05, 0.1) is 11.1 Å². The number of phenols is 1. The van der Waals surface area contributed by atoms with Gasteiger partial charge in [-0.05, 0) is 36.4 Å². The van der Waals surface area contributed by atoms with Gasteiger partial charge in [0.1, 0.15) is 5.75 Å². The number of phenolic OH excluding ortho intramolecular Hbond substituents is 1. The zero-order valence-electron chi connectivity index (χ0n) is 10.4. The Morgan fingerprint density at radius 1 is 1.10 bits per heavy atom. The Balaban J connectivity index is 2.55. The van der Waals surface area contributed by atoms with Crippen molar-refractivity contribution in [2.75, 3.05) is 5.73 Å². The second-order valence-electron chi connectivity index (χ2n) is 4.29. The van der Waals surface area contributed by atoms with Gasteiger partial charge in [0, 0.05) is 16.3 Å². The van der Waals surface area contributed by atoms with E-state index in [-0.39, 0.29) is 27.6 Å². The number of carbonyl (C=O) groups excluding carboxylic acids is 1. The van der Waals surface area contributed by atoms with E-state index in [2.05, 4.69) is 0 Å². The minimum atomic E-state index is -4.60. The summed E-state index contributed by atoms with van der Waals surface area (Å²) in [4.78, 5) is 12.3. The van der Waals surface area contributed by atoms with E-state index in [1.165, 1.54) is 18.2 Å². The number of carbonyl (C=O) groups is 1. The number of nitrogens with two attached hydrogens (primary N) is 1. The molecule has 110 valence electrons. The molecule has 0 fully saturated rings. The van der Waals surface area contributed by atoms with E-state index >= 15 is 0 Å².